The van der Waals surface area contributed by atoms with E-state index in [0.29, 0.717) is 29.2 Å². The van der Waals surface area contributed by atoms with Gasteiger partial charge in [-0.25, -0.2) is 13.8 Å². The number of alkyl halides is 4. The van der Waals surface area contributed by atoms with Crippen LogP contribution in [0.1, 0.15) is 48.6 Å². The van der Waals surface area contributed by atoms with Gasteiger partial charge in [-0.15, -0.1) is 0 Å². The summed E-state index contributed by atoms with van der Waals surface area (Å²) in [6, 6.07) is 3.50. The molecule has 0 amide bonds. The molecule has 0 spiro atoms. The predicted octanol–water partition coefficient (Wildman–Crippen LogP) is 6.20. The number of nitrogens with zero attached hydrogens (tertiary/aromatic N) is 5. The zero-order valence-corrected chi connectivity index (χ0v) is 21.2. The van der Waals surface area contributed by atoms with Gasteiger partial charge in [-0.3, -0.25) is 9.88 Å². The SMILES string of the molecule is Cc1cc2c(cc1-c1c(C)noc1C)ncc1nc(CN3CCC(F)(F)CC3)n([C@H](C)COC(F)F)c12. The summed E-state index contributed by atoms with van der Waals surface area (Å²) in [5.41, 5.74) is 5.68. The van der Waals surface area contributed by atoms with Crippen molar-refractivity contribution in [3.8, 4) is 11.1 Å². The molecule has 1 aliphatic rings. The van der Waals surface area contributed by atoms with E-state index in [9.17, 15) is 17.6 Å². The van der Waals surface area contributed by atoms with Gasteiger partial charge < -0.3 is 13.8 Å². The third kappa shape index (κ3) is 4.94. The number of halogens is 4. The standard InChI is InChI=1S/C26H29F4N5O2/c1-14-9-19-20(10-18(14)23-16(3)33-37-17(23)4)31-11-21-24(19)35(15(2)13-36-25(27)28)22(32-21)12-34-7-5-26(29,30)6-8-34/h9-11,15,25H,5-8,12-13H2,1-4H3/t15-/m1/s1. The Hall–Kier alpha value is -3.05. The van der Waals surface area contributed by atoms with Crippen molar-refractivity contribution in [2.45, 2.75) is 65.7 Å². The highest BCUT2D eigenvalue weighted by Crippen LogP contribution is 2.36. The molecule has 0 aliphatic carbocycles. The molecule has 198 valence electrons. The van der Waals surface area contributed by atoms with E-state index in [4.69, 9.17) is 9.51 Å². The van der Waals surface area contributed by atoms with Crippen LogP contribution in [-0.4, -0.2) is 56.8 Å². The molecule has 1 aromatic carbocycles. The number of likely N-dealkylation sites (tertiary alicyclic amines) is 1. The molecule has 0 bridgehead atoms. The van der Waals surface area contributed by atoms with E-state index in [0.717, 1.165) is 33.3 Å². The Balaban J connectivity index is 1.63. The monoisotopic (exact) mass is 519 g/mol. The molecular formula is C26H29F4N5O2. The largest absolute Gasteiger partial charge is 0.361 e. The lowest BCUT2D eigenvalue weighted by Crippen LogP contribution is -2.39. The van der Waals surface area contributed by atoms with Crippen LogP contribution in [0.15, 0.2) is 22.9 Å². The van der Waals surface area contributed by atoms with Crippen LogP contribution in [0.5, 0.6) is 0 Å². The second-order valence-electron chi connectivity index (χ2n) is 9.85. The fourth-order valence-electron chi connectivity index (χ4n) is 5.23. The maximum Gasteiger partial charge on any atom is 0.345 e. The van der Waals surface area contributed by atoms with Crippen molar-refractivity contribution < 1.29 is 26.8 Å². The maximum absolute atomic E-state index is 13.7. The molecule has 1 fully saturated rings. The fraction of sp³-hybridized carbons (Fsp3) is 0.500. The number of fused-ring (bicyclic) bond motifs is 3. The van der Waals surface area contributed by atoms with Crippen molar-refractivity contribution >= 4 is 21.9 Å². The molecule has 0 unspecified atom stereocenters. The van der Waals surface area contributed by atoms with Gasteiger partial charge in [-0.1, -0.05) is 5.16 Å². The lowest BCUT2D eigenvalue weighted by atomic mass is 9.96. The van der Waals surface area contributed by atoms with Crippen molar-refractivity contribution in [2.24, 2.45) is 0 Å². The number of pyridine rings is 1. The van der Waals surface area contributed by atoms with Crippen molar-refractivity contribution in [3.05, 3.63) is 41.2 Å². The maximum atomic E-state index is 13.7. The minimum atomic E-state index is -2.90. The van der Waals surface area contributed by atoms with Crippen LogP contribution >= 0.6 is 0 Å². The summed E-state index contributed by atoms with van der Waals surface area (Å²) < 4.78 is 65.1. The van der Waals surface area contributed by atoms with Crippen molar-refractivity contribution in [3.63, 3.8) is 0 Å². The Morgan fingerprint density at radius 1 is 1.11 bits per heavy atom. The van der Waals surface area contributed by atoms with Crippen LogP contribution in [0.25, 0.3) is 33.1 Å². The molecule has 3 aromatic heterocycles. The van der Waals surface area contributed by atoms with Gasteiger partial charge in [0, 0.05) is 36.9 Å². The summed E-state index contributed by atoms with van der Waals surface area (Å²) in [5, 5.41) is 4.89. The van der Waals surface area contributed by atoms with Crippen LogP contribution in [0, 0.1) is 20.8 Å². The Morgan fingerprint density at radius 2 is 1.84 bits per heavy atom. The van der Waals surface area contributed by atoms with Crippen LogP contribution in [-0.2, 0) is 11.3 Å². The van der Waals surface area contributed by atoms with E-state index in [2.05, 4.69) is 14.9 Å². The minimum Gasteiger partial charge on any atom is -0.361 e. The fourth-order valence-corrected chi connectivity index (χ4v) is 5.23. The molecule has 7 nitrogen and oxygen atoms in total. The number of aromatic nitrogens is 4. The van der Waals surface area contributed by atoms with Gasteiger partial charge in [0.25, 0.3) is 5.92 Å². The Labute approximate surface area is 211 Å². The van der Waals surface area contributed by atoms with Crippen LogP contribution in [0.4, 0.5) is 17.6 Å². The Kier molecular flexibility index (Phi) is 6.70. The molecule has 0 saturated carbocycles. The molecule has 0 radical (unpaired) electrons. The summed E-state index contributed by atoms with van der Waals surface area (Å²) in [4.78, 5) is 11.3. The highest BCUT2D eigenvalue weighted by atomic mass is 19.3. The van der Waals surface area contributed by atoms with Gasteiger partial charge >= 0.3 is 6.61 Å². The summed E-state index contributed by atoms with van der Waals surface area (Å²) in [5.74, 6) is -1.35. The average molecular weight is 520 g/mol. The summed E-state index contributed by atoms with van der Waals surface area (Å²) in [7, 11) is 0. The minimum absolute atomic E-state index is 0.217. The van der Waals surface area contributed by atoms with Gasteiger partial charge in [0.1, 0.15) is 17.1 Å². The van der Waals surface area contributed by atoms with E-state index < -0.39 is 18.6 Å². The Bertz CT molecular complexity index is 1420. The first-order valence-electron chi connectivity index (χ1n) is 12.3. The second-order valence-corrected chi connectivity index (χ2v) is 9.85. The lowest BCUT2D eigenvalue weighted by Gasteiger charge is -2.31. The summed E-state index contributed by atoms with van der Waals surface area (Å²) in [6.45, 7) is 5.17. The molecule has 5 rings (SSSR count). The molecule has 1 atom stereocenters. The molecule has 1 saturated heterocycles. The molecule has 0 N–H and O–H groups in total. The zero-order chi connectivity index (χ0) is 26.5. The van der Waals surface area contributed by atoms with E-state index >= 15 is 0 Å². The molecular weight excluding hydrogens is 490 g/mol. The van der Waals surface area contributed by atoms with Crippen LogP contribution in [0.3, 0.4) is 0 Å². The van der Waals surface area contributed by atoms with Gasteiger partial charge in [0.2, 0.25) is 0 Å². The summed E-state index contributed by atoms with van der Waals surface area (Å²) in [6.07, 6.45) is 1.23. The number of aryl methyl sites for hydroxylation is 3. The number of imidazole rings is 1. The normalized spacial score (nSPS) is 17.3. The average Bonchev–Trinajstić information content (AvgIpc) is 3.37. The predicted molar refractivity (Wildman–Crippen MR) is 131 cm³/mol. The van der Waals surface area contributed by atoms with Gasteiger partial charge in [-0.2, -0.15) is 8.78 Å². The van der Waals surface area contributed by atoms with Crippen LogP contribution < -0.4 is 0 Å². The van der Waals surface area contributed by atoms with E-state index in [-0.39, 0.29) is 32.5 Å². The first-order chi connectivity index (χ1) is 17.5. The third-order valence-corrected chi connectivity index (χ3v) is 7.09. The third-order valence-electron chi connectivity index (χ3n) is 7.09. The number of hydrogen-bond donors (Lipinski definition) is 0. The molecule has 37 heavy (non-hydrogen) atoms. The molecule has 4 aromatic rings. The lowest BCUT2D eigenvalue weighted by molar-refractivity contribution is -0.135. The first-order valence-corrected chi connectivity index (χ1v) is 12.3. The topological polar surface area (TPSA) is 69.2 Å². The highest BCUT2D eigenvalue weighted by Gasteiger charge is 2.34. The Morgan fingerprint density at radius 3 is 2.49 bits per heavy atom. The number of benzene rings is 1. The molecule has 11 heteroatoms. The quantitative estimate of drug-likeness (QED) is 0.271. The summed E-state index contributed by atoms with van der Waals surface area (Å²) >= 11 is 0. The number of rotatable bonds is 7. The first kappa shape index (κ1) is 25.6. The number of piperidine rings is 1. The van der Waals surface area contributed by atoms with Gasteiger partial charge in [-0.05, 0) is 51.0 Å². The zero-order valence-electron chi connectivity index (χ0n) is 21.2. The van der Waals surface area contributed by atoms with Crippen LogP contribution in [0.2, 0.25) is 0 Å². The van der Waals surface area contributed by atoms with Gasteiger partial charge in [0.05, 0.1) is 42.1 Å². The molecule has 1 aliphatic heterocycles. The smallest absolute Gasteiger partial charge is 0.345 e. The number of hydrogen-bond acceptors (Lipinski definition) is 6. The molecule has 4 heterocycles. The highest BCUT2D eigenvalue weighted by molar-refractivity contribution is 6.04. The van der Waals surface area contributed by atoms with E-state index in [1.165, 1.54) is 0 Å². The van der Waals surface area contributed by atoms with E-state index in [1.54, 1.807) is 13.1 Å². The van der Waals surface area contributed by atoms with Crippen molar-refractivity contribution in [1.82, 2.24) is 24.6 Å². The number of ether oxygens (including phenoxy) is 1. The van der Waals surface area contributed by atoms with Crippen molar-refractivity contribution in [1.29, 1.82) is 0 Å². The van der Waals surface area contributed by atoms with E-state index in [1.807, 2.05) is 42.4 Å². The second kappa shape index (κ2) is 9.68. The van der Waals surface area contributed by atoms with Gasteiger partial charge in [0.15, 0.2) is 0 Å². The van der Waals surface area contributed by atoms with Crippen molar-refractivity contribution in [2.75, 3.05) is 19.7 Å².